The number of fused-ring (bicyclic) bond motifs is 1. The van der Waals surface area contributed by atoms with E-state index in [-0.39, 0.29) is 11.7 Å². The molecule has 0 atom stereocenters. The number of rotatable bonds is 5. The Kier molecular flexibility index (Phi) is 5.49. The molecule has 6 aromatic rings. The Hall–Kier alpha value is -5.18. The topological polar surface area (TPSA) is 90.0 Å². The lowest BCUT2D eigenvalue weighted by atomic mass is 10.0. The van der Waals surface area contributed by atoms with Crippen molar-refractivity contribution < 1.29 is 9.18 Å². The quantitative estimate of drug-likeness (QED) is 0.357. The summed E-state index contributed by atoms with van der Waals surface area (Å²) in [6, 6.07) is 21.0. The number of aromatic nitrogens is 6. The third-order valence-corrected chi connectivity index (χ3v) is 5.90. The maximum Gasteiger partial charge on any atom is 0.256 e. The van der Waals surface area contributed by atoms with Gasteiger partial charge < -0.3 is 5.32 Å². The van der Waals surface area contributed by atoms with Gasteiger partial charge >= 0.3 is 0 Å². The molecule has 0 saturated carbocycles. The number of halogens is 1. The fraction of sp³-hybridized carbons (Fsp3) is 0.0357. The highest BCUT2D eigenvalue weighted by Gasteiger charge is 2.16. The van der Waals surface area contributed by atoms with Gasteiger partial charge in [-0.05, 0) is 60.2 Å². The molecule has 180 valence electrons. The molecule has 2 aromatic carbocycles. The fourth-order valence-electron chi connectivity index (χ4n) is 4.14. The summed E-state index contributed by atoms with van der Waals surface area (Å²) >= 11 is 0. The Morgan fingerprint density at radius 2 is 1.73 bits per heavy atom. The molecular weight excluding hydrogens is 469 g/mol. The van der Waals surface area contributed by atoms with Gasteiger partial charge in [-0.1, -0.05) is 18.2 Å². The van der Waals surface area contributed by atoms with Crippen molar-refractivity contribution in [2.24, 2.45) is 7.05 Å². The minimum Gasteiger partial charge on any atom is -0.305 e. The molecule has 37 heavy (non-hydrogen) atoms. The molecule has 4 heterocycles. The summed E-state index contributed by atoms with van der Waals surface area (Å²) in [6.45, 7) is 0. The van der Waals surface area contributed by atoms with E-state index in [1.807, 2.05) is 55.7 Å². The second kappa shape index (κ2) is 9.12. The number of hydrogen-bond acceptors (Lipinski definition) is 5. The number of pyridine rings is 1. The molecule has 0 fully saturated rings. The van der Waals surface area contributed by atoms with Crippen LogP contribution in [0.15, 0.2) is 97.6 Å². The van der Waals surface area contributed by atoms with Gasteiger partial charge in [0.15, 0.2) is 11.5 Å². The lowest BCUT2D eigenvalue weighted by Gasteiger charge is -2.05. The van der Waals surface area contributed by atoms with Crippen LogP contribution in [-0.4, -0.2) is 35.3 Å². The van der Waals surface area contributed by atoms with Crippen LogP contribution in [0.2, 0.25) is 0 Å². The maximum absolute atomic E-state index is 13.4. The van der Waals surface area contributed by atoms with E-state index in [0.717, 1.165) is 22.3 Å². The van der Waals surface area contributed by atoms with E-state index in [1.165, 1.54) is 12.1 Å². The first-order valence-corrected chi connectivity index (χ1v) is 11.5. The van der Waals surface area contributed by atoms with Crippen LogP contribution in [0.1, 0.15) is 10.4 Å². The normalized spacial score (nSPS) is 11.1. The van der Waals surface area contributed by atoms with Crippen molar-refractivity contribution in [2.75, 3.05) is 5.32 Å². The van der Waals surface area contributed by atoms with Crippen molar-refractivity contribution in [2.45, 2.75) is 0 Å². The molecule has 0 bridgehead atoms. The molecular formula is C28H20FN7O. The van der Waals surface area contributed by atoms with Gasteiger partial charge in [0.05, 0.1) is 11.9 Å². The van der Waals surface area contributed by atoms with Crippen molar-refractivity contribution in [3.05, 3.63) is 109 Å². The molecule has 4 aromatic heterocycles. The number of carbonyl (C=O) groups excluding carboxylic acids is 1. The zero-order valence-corrected chi connectivity index (χ0v) is 19.7. The van der Waals surface area contributed by atoms with Gasteiger partial charge in [0.1, 0.15) is 11.5 Å². The molecule has 6 rings (SSSR count). The van der Waals surface area contributed by atoms with E-state index in [9.17, 15) is 9.18 Å². The zero-order valence-electron chi connectivity index (χ0n) is 19.7. The van der Waals surface area contributed by atoms with E-state index in [2.05, 4.69) is 25.5 Å². The average molecular weight is 490 g/mol. The van der Waals surface area contributed by atoms with Gasteiger partial charge in [-0.25, -0.2) is 13.9 Å². The first-order chi connectivity index (χ1) is 18.0. The van der Waals surface area contributed by atoms with Crippen molar-refractivity contribution >= 4 is 17.4 Å². The minimum absolute atomic E-state index is 0.278. The number of nitrogens with one attached hydrogen (secondary N) is 1. The molecule has 0 spiro atoms. The Balaban J connectivity index is 1.28. The lowest BCUT2D eigenvalue weighted by molar-refractivity contribution is 0.102. The number of anilines is 1. The molecule has 0 unspecified atom stereocenters. The molecule has 8 nitrogen and oxygen atoms in total. The Labute approximate surface area is 211 Å². The summed E-state index contributed by atoms with van der Waals surface area (Å²) in [7, 11) is 1.82. The second-order valence-corrected chi connectivity index (χ2v) is 8.50. The standard InChI is InChI=1S/C28H20FN7O/c1-35-16-23(27(34-35)18-7-9-22(29)10-8-18)24-11-12-26-31-25(17-36(26)33-24)32-28(37)20-5-2-4-19(14-20)21-6-3-13-30-15-21/h2-17H,1H3,(H,32,37). The molecule has 1 amide bonds. The van der Waals surface area contributed by atoms with Crippen LogP contribution in [0.25, 0.3) is 39.3 Å². The Bertz CT molecular complexity index is 1740. The van der Waals surface area contributed by atoms with E-state index in [4.69, 9.17) is 0 Å². The number of amides is 1. The van der Waals surface area contributed by atoms with E-state index in [1.54, 1.807) is 46.0 Å². The second-order valence-electron chi connectivity index (χ2n) is 8.50. The third-order valence-electron chi connectivity index (χ3n) is 5.90. The highest BCUT2D eigenvalue weighted by molar-refractivity contribution is 6.04. The van der Waals surface area contributed by atoms with Crippen molar-refractivity contribution in [3.8, 4) is 33.6 Å². The van der Waals surface area contributed by atoms with Crippen LogP contribution >= 0.6 is 0 Å². The highest BCUT2D eigenvalue weighted by Crippen LogP contribution is 2.30. The SMILES string of the molecule is Cn1cc(-c2ccc3nc(NC(=O)c4cccc(-c5cccnc5)c4)cn3n2)c(-c2ccc(F)cc2)n1. The summed E-state index contributed by atoms with van der Waals surface area (Å²) in [5, 5.41) is 12.1. The summed E-state index contributed by atoms with van der Waals surface area (Å²) in [4.78, 5) is 21.6. The minimum atomic E-state index is -0.308. The number of hydrogen-bond donors (Lipinski definition) is 1. The molecule has 0 aliphatic carbocycles. The van der Waals surface area contributed by atoms with Crippen LogP contribution < -0.4 is 5.32 Å². The van der Waals surface area contributed by atoms with Crippen molar-refractivity contribution in [3.63, 3.8) is 0 Å². The van der Waals surface area contributed by atoms with Gasteiger partial charge in [0.25, 0.3) is 5.91 Å². The summed E-state index contributed by atoms with van der Waals surface area (Å²) in [6.07, 6.45) is 6.99. The van der Waals surface area contributed by atoms with Crippen LogP contribution in [0.4, 0.5) is 10.2 Å². The van der Waals surface area contributed by atoms with Crippen LogP contribution in [0, 0.1) is 5.82 Å². The summed E-state index contributed by atoms with van der Waals surface area (Å²) < 4.78 is 16.7. The summed E-state index contributed by atoms with van der Waals surface area (Å²) in [5.74, 6) is -0.204. The fourth-order valence-corrected chi connectivity index (χ4v) is 4.14. The predicted octanol–water partition coefficient (Wildman–Crippen LogP) is 5.25. The molecule has 1 N–H and O–H groups in total. The number of nitrogens with zero attached hydrogens (tertiary/aromatic N) is 6. The Morgan fingerprint density at radius 1 is 0.892 bits per heavy atom. The maximum atomic E-state index is 13.4. The molecule has 0 aliphatic heterocycles. The van der Waals surface area contributed by atoms with Gasteiger partial charge in [0.2, 0.25) is 0 Å². The molecule has 9 heteroatoms. The number of aryl methyl sites for hydroxylation is 1. The number of carbonyl (C=O) groups is 1. The van der Waals surface area contributed by atoms with Gasteiger partial charge in [-0.15, -0.1) is 0 Å². The molecule has 0 aliphatic rings. The van der Waals surface area contributed by atoms with E-state index in [0.29, 0.717) is 28.4 Å². The largest absolute Gasteiger partial charge is 0.305 e. The molecule has 0 radical (unpaired) electrons. The smallest absolute Gasteiger partial charge is 0.256 e. The zero-order chi connectivity index (χ0) is 25.4. The van der Waals surface area contributed by atoms with Crippen molar-refractivity contribution in [1.29, 1.82) is 0 Å². The van der Waals surface area contributed by atoms with Gasteiger partial charge in [0, 0.05) is 47.9 Å². The molecule has 0 saturated heterocycles. The van der Waals surface area contributed by atoms with Crippen LogP contribution in [0.3, 0.4) is 0 Å². The van der Waals surface area contributed by atoms with Crippen LogP contribution in [-0.2, 0) is 7.05 Å². The average Bonchev–Trinajstić information content (AvgIpc) is 3.52. The highest BCUT2D eigenvalue weighted by atomic mass is 19.1. The van der Waals surface area contributed by atoms with Crippen molar-refractivity contribution in [1.82, 2.24) is 29.4 Å². The monoisotopic (exact) mass is 489 g/mol. The Morgan fingerprint density at radius 3 is 2.54 bits per heavy atom. The number of imidazole rings is 1. The lowest BCUT2D eigenvalue weighted by Crippen LogP contribution is -2.12. The first-order valence-electron chi connectivity index (χ1n) is 11.5. The van der Waals surface area contributed by atoms with Gasteiger partial charge in [-0.3, -0.25) is 14.5 Å². The number of benzene rings is 2. The van der Waals surface area contributed by atoms with Gasteiger partial charge in [-0.2, -0.15) is 10.2 Å². The predicted molar refractivity (Wildman–Crippen MR) is 138 cm³/mol. The van der Waals surface area contributed by atoms with E-state index < -0.39 is 0 Å². The third kappa shape index (κ3) is 4.45. The van der Waals surface area contributed by atoms with E-state index >= 15 is 0 Å². The first kappa shape index (κ1) is 22.3. The van der Waals surface area contributed by atoms with Crippen LogP contribution in [0.5, 0.6) is 0 Å². The summed E-state index contributed by atoms with van der Waals surface area (Å²) in [5.41, 5.74) is 5.85.